The normalized spacial score (nSPS) is 30.0. The van der Waals surface area contributed by atoms with E-state index in [-0.39, 0.29) is 0 Å². The Morgan fingerprint density at radius 3 is 2.28 bits per heavy atom. The van der Waals surface area contributed by atoms with Crippen LogP contribution in [-0.2, 0) is 0 Å². The lowest BCUT2D eigenvalue weighted by atomic mass is 9.79. The van der Waals surface area contributed by atoms with Crippen LogP contribution in [0, 0.1) is 29.6 Å². The van der Waals surface area contributed by atoms with Crippen LogP contribution in [0.25, 0.3) is 0 Å². The molecule has 134 valence electrons. The number of rotatable bonds is 3. The Labute approximate surface area is 159 Å². The summed E-state index contributed by atoms with van der Waals surface area (Å²) >= 11 is 5.99. The van der Waals surface area contributed by atoms with Crippen molar-refractivity contribution in [3.63, 3.8) is 0 Å². The van der Waals surface area contributed by atoms with Crippen LogP contribution >= 0.6 is 11.6 Å². The molecule has 2 aliphatic rings. The van der Waals surface area contributed by atoms with E-state index in [1.54, 1.807) is 0 Å². The van der Waals surface area contributed by atoms with Gasteiger partial charge in [0.15, 0.2) is 0 Å². The maximum Gasteiger partial charge on any atom is 0.0406 e. The zero-order valence-electron chi connectivity index (χ0n) is 15.5. The summed E-state index contributed by atoms with van der Waals surface area (Å²) < 4.78 is 0. The molecule has 1 aromatic carbocycles. The molecule has 1 heteroatoms. The zero-order valence-corrected chi connectivity index (χ0v) is 16.3. The fraction of sp³-hybridized carbons (Fsp3) is 0.583. The molecule has 2 aliphatic carbocycles. The first kappa shape index (κ1) is 18.6. The topological polar surface area (TPSA) is 0 Å². The third kappa shape index (κ3) is 5.65. The average Bonchev–Trinajstić information content (AvgIpc) is 2.67. The average molecular weight is 355 g/mol. The van der Waals surface area contributed by atoms with Crippen LogP contribution in [0.4, 0.5) is 0 Å². The highest BCUT2D eigenvalue weighted by Gasteiger charge is 2.21. The van der Waals surface area contributed by atoms with Gasteiger partial charge < -0.3 is 0 Å². The molecule has 25 heavy (non-hydrogen) atoms. The van der Waals surface area contributed by atoms with Gasteiger partial charge in [0.2, 0.25) is 0 Å². The summed E-state index contributed by atoms with van der Waals surface area (Å²) in [7, 11) is 0. The van der Waals surface area contributed by atoms with E-state index in [4.69, 9.17) is 11.6 Å². The van der Waals surface area contributed by atoms with Gasteiger partial charge in [-0.1, -0.05) is 55.0 Å². The van der Waals surface area contributed by atoms with Crippen molar-refractivity contribution >= 4 is 11.6 Å². The van der Waals surface area contributed by atoms with Crippen LogP contribution in [0.2, 0.25) is 5.02 Å². The Balaban J connectivity index is 1.41. The summed E-state index contributed by atoms with van der Waals surface area (Å²) in [5.41, 5.74) is 1.44. The summed E-state index contributed by atoms with van der Waals surface area (Å²) in [6, 6.07) is 8.41. The first-order valence-corrected chi connectivity index (χ1v) is 10.6. The smallest absolute Gasteiger partial charge is 0.0406 e. The third-order valence-corrected chi connectivity index (χ3v) is 6.53. The van der Waals surface area contributed by atoms with E-state index < -0.39 is 0 Å². The molecule has 0 atom stereocenters. The molecule has 0 N–H and O–H groups in total. The molecule has 0 aromatic heterocycles. The molecule has 0 saturated heterocycles. The third-order valence-electron chi connectivity index (χ3n) is 6.28. The molecule has 2 fully saturated rings. The van der Waals surface area contributed by atoms with Gasteiger partial charge in [-0.25, -0.2) is 0 Å². The van der Waals surface area contributed by atoms with E-state index in [1.807, 2.05) is 12.1 Å². The van der Waals surface area contributed by atoms with Gasteiger partial charge in [0.05, 0.1) is 0 Å². The van der Waals surface area contributed by atoms with E-state index in [0.717, 1.165) is 16.9 Å². The highest BCUT2D eigenvalue weighted by atomic mass is 35.5. The van der Waals surface area contributed by atoms with E-state index in [0.29, 0.717) is 11.8 Å². The van der Waals surface area contributed by atoms with Crippen molar-refractivity contribution in [2.24, 2.45) is 17.8 Å². The first-order chi connectivity index (χ1) is 12.2. The van der Waals surface area contributed by atoms with Crippen molar-refractivity contribution in [2.45, 2.75) is 70.6 Å². The second-order valence-corrected chi connectivity index (χ2v) is 8.37. The standard InChI is InChI=1S/C24H31Cl/c1-2-19-7-9-20(10-8-19)5-3-4-6-21-11-13-22(14-12-21)23-15-17-24(25)18-16-23/h3,5,15-22H,2,7-14H2,1H3/t19-,20-,21-,22-. The molecule has 0 bridgehead atoms. The second-order valence-electron chi connectivity index (χ2n) is 7.94. The van der Waals surface area contributed by atoms with Crippen molar-refractivity contribution in [1.82, 2.24) is 0 Å². The number of hydrogen-bond donors (Lipinski definition) is 0. The van der Waals surface area contributed by atoms with Crippen molar-refractivity contribution in [3.8, 4) is 11.8 Å². The van der Waals surface area contributed by atoms with E-state index in [1.165, 1.54) is 63.4 Å². The maximum absolute atomic E-state index is 5.99. The second kappa shape index (κ2) is 9.49. The van der Waals surface area contributed by atoms with Gasteiger partial charge in [-0.2, -0.15) is 0 Å². The molecule has 0 heterocycles. The summed E-state index contributed by atoms with van der Waals surface area (Å²) in [4.78, 5) is 0. The van der Waals surface area contributed by atoms with Crippen LogP contribution < -0.4 is 0 Å². The quantitative estimate of drug-likeness (QED) is 0.496. The molecule has 0 amide bonds. The summed E-state index contributed by atoms with van der Waals surface area (Å²) in [5, 5.41) is 0.832. The zero-order chi connectivity index (χ0) is 17.5. The summed E-state index contributed by atoms with van der Waals surface area (Å²) in [5.74, 6) is 9.88. The van der Waals surface area contributed by atoms with Crippen LogP contribution in [0.15, 0.2) is 36.4 Å². The van der Waals surface area contributed by atoms with E-state index in [9.17, 15) is 0 Å². The minimum atomic E-state index is 0.587. The number of benzene rings is 1. The largest absolute Gasteiger partial charge is 0.0951 e. The predicted octanol–water partition coefficient (Wildman–Crippen LogP) is 7.39. The maximum atomic E-state index is 5.99. The Morgan fingerprint density at radius 1 is 0.960 bits per heavy atom. The lowest BCUT2D eigenvalue weighted by Gasteiger charge is -2.26. The lowest BCUT2D eigenvalue weighted by molar-refractivity contribution is 0.304. The Morgan fingerprint density at radius 2 is 1.64 bits per heavy atom. The van der Waals surface area contributed by atoms with Crippen molar-refractivity contribution in [1.29, 1.82) is 0 Å². The van der Waals surface area contributed by atoms with Crippen molar-refractivity contribution in [2.75, 3.05) is 0 Å². The lowest BCUT2D eigenvalue weighted by Crippen LogP contribution is -2.12. The molecule has 0 aliphatic heterocycles. The first-order valence-electron chi connectivity index (χ1n) is 10.2. The molecular formula is C24H31Cl. The van der Waals surface area contributed by atoms with Crippen LogP contribution in [0.3, 0.4) is 0 Å². The molecule has 3 rings (SSSR count). The summed E-state index contributed by atoms with van der Waals surface area (Å²) in [6.07, 6.45) is 16.4. The van der Waals surface area contributed by atoms with Gasteiger partial charge in [-0.15, -0.1) is 0 Å². The molecule has 1 aromatic rings. The SMILES string of the molecule is CC[C@H]1CC[C@H](C=CC#C[C@H]2CC[C@H](c3ccc(Cl)cc3)CC2)CC1. The highest BCUT2D eigenvalue weighted by molar-refractivity contribution is 6.30. The van der Waals surface area contributed by atoms with Crippen molar-refractivity contribution < 1.29 is 0 Å². The fourth-order valence-corrected chi connectivity index (χ4v) is 4.57. The summed E-state index contributed by atoms with van der Waals surface area (Å²) in [6.45, 7) is 2.33. The number of allylic oxidation sites excluding steroid dienone is 2. The highest BCUT2D eigenvalue weighted by Crippen LogP contribution is 2.36. The predicted molar refractivity (Wildman–Crippen MR) is 109 cm³/mol. The molecule has 0 radical (unpaired) electrons. The Hall–Kier alpha value is -1.19. The molecule has 2 saturated carbocycles. The molecular weight excluding hydrogens is 324 g/mol. The van der Waals surface area contributed by atoms with Crippen molar-refractivity contribution in [3.05, 3.63) is 47.0 Å². The van der Waals surface area contributed by atoms with Gasteiger partial charge in [0, 0.05) is 10.9 Å². The minimum Gasteiger partial charge on any atom is -0.0951 e. The Bertz CT molecular complexity index is 600. The fourth-order valence-electron chi connectivity index (χ4n) is 4.45. The van der Waals surface area contributed by atoms with Gasteiger partial charge in [-0.05, 0) is 92.9 Å². The van der Waals surface area contributed by atoms with Crippen LogP contribution in [0.5, 0.6) is 0 Å². The molecule has 0 spiro atoms. The monoisotopic (exact) mass is 354 g/mol. The Kier molecular flexibility index (Phi) is 7.06. The number of halogens is 1. The van der Waals surface area contributed by atoms with Gasteiger partial charge >= 0.3 is 0 Å². The number of hydrogen-bond acceptors (Lipinski definition) is 0. The molecule has 0 nitrogen and oxygen atoms in total. The van der Waals surface area contributed by atoms with E-state index >= 15 is 0 Å². The van der Waals surface area contributed by atoms with Crippen LogP contribution in [-0.4, -0.2) is 0 Å². The van der Waals surface area contributed by atoms with Gasteiger partial charge in [-0.3, -0.25) is 0 Å². The van der Waals surface area contributed by atoms with Gasteiger partial charge in [0.1, 0.15) is 0 Å². The minimum absolute atomic E-state index is 0.587. The van der Waals surface area contributed by atoms with E-state index in [2.05, 4.69) is 43.0 Å². The van der Waals surface area contributed by atoms with Crippen LogP contribution in [0.1, 0.15) is 76.2 Å². The van der Waals surface area contributed by atoms with Gasteiger partial charge in [0.25, 0.3) is 0 Å². The molecule has 0 unspecified atom stereocenters.